The van der Waals surface area contributed by atoms with Gasteiger partial charge in [0.15, 0.2) is 0 Å². The van der Waals surface area contributed by atoms with E-state index in [1.165, 1.54) is 38.3 Å². The number of nitrogens with zero attached hydrogens (tertiary/aromatic N) is 4. The lowest BCUT2D eigenvalue weighted by atomic mass is 9.89. The minimum absolute atomic E-state index is 0.0841. The monoisotopic (exact) mass is 1320 g/mol. The van der Waals surface area contributed by atoms with E-state index in [1.807, 2.05) is 32.0 Å². The van der Waals surface area contributed by atoms with Gasteiger partial charge in [-0.2, -0.15) is 0 Å². The molecule has 9 N–H and O–H groups in total. The van der Waals surface area contributed by atoms with E-state index >= 15 is 0 Å². The van der Waals surface area contributed by atoms with Gasteiger partial charge in [-0.25, -0.2) is 9.59 Å². The summed E-state index contributed by atoms with van der Waals surface area (Å²) >= 11 is 0. The number of likely N-dealkylation sites (tertiary alicyclic amines) is 1. The Bertz CT molecular complexity index is 2880. The SMILES string of the molecule is CC[C@H](C)[C@@H]([C@@H](CC(=O)N1CCC[C@H]1[C@H](OC)[C@@H](C)C(=O)N[C@H](C)C(O)c1ccccc1)OC)N(C)C(=O)[C@@H](NC(=O)[C@H](C(C)C)N(C)C(=O)OCc1ccc(NC(=O)[C@H](CCCNC(N)=O)NC(=O)[C@@H](NC(=O)CCCCCN2C(=O)C=CC2=O)C(C)C)cc1)C(C)C. The van der Waals surface area contributed by atoms with Crippen LogP contribution in [0, 0.1) is 29.6 Å². The number of nitrogens with one attached hydrogen (secondary N) is 6. The number of nitrogens with two attached hydrogens (primary N) is 1. The van der Waals surface area contributed by atoms with E-state index in [1.54, 1.807) is 109 Å². The molecular weight excluding hydrogens is 1210 g/mol. The van der Waals surface area contributed by atoms with Crippen molar-refractivity contribution in [1.29, 1.82) is 0 Å². The van der Waals surface area contributed by atoms with Crippen molar-refractivity contribution in [3.05, 3.63) is 77.9 Å². The predicted molar refractivity (Wildman–Crippen MR) is 353 cm³/mol. The predicted octanol–water partition coefficient (Wildman–Crippen LogP) is 5.08. The Labute approximate surface area is 554 Å². The Morgan fingerprint density at radius 3 is 1.93 bits per heavy atom. The molecule has 2 heterocycles. The zero-order chi connectivity index (χ0) is 70.1. The smallest absolute Gasteiger partial charge is 0.410 e. The number of aliphatic hydroxyl groups is 1. The summed E-state index contributed by atoms with van der Waals surface area (Å²) in [5.41, 5.74) is 6.77. The summed E-state index contributed by atoms with van der Waals surface area (Å²) in [6.07, 6.45) is 2.94. The fourth-order valence-corrected chi connectivity index (χ4v) is 12.1. The average Bonchev–Trinajstić information content (AvgIpc) is 1.33. The van der Waals surface area contributed by atoms with E-state index in [-0.39, 0.29) is 86.8 Å². The van der Waals surface area contributed by atoms with E-state index in [4.69, 9.17) is 19.9 Å². The molecule has 2 aliphatic heterocycles. The van der Waals surface area contributed by atoms with Gasteiger partial charge in [0.25, 0.3) is 11.8 Å². The molecule has 0 bridgehead atoms. The lowest BCUT2D eigenvalue weighted by molar-refractivity contribution is -0.148. The standard InChI is InChI=1S/C68H105N11O15/c1-15-43(8)59(51(92-13)38-55(83)78-37-23-27-50(78)61(93-14)44(9)62(85)71-45(10)60(84)47-24-18-16-19-25-47)76(11)66(89)57(41(4)5)75-65(88)58(42(6)7)77(12)68(91)94-39-46-29-31-48(32-30-46)72-63(86)49(26-22-35-70-67(69)90)73-64(87)56(40(2)3)74-52(80)28-20-17-21-36-79-53(81)33-34-54(79)82/h16,18-19,24-25,29-34,40-45,49-51,56-61,84H,15,17,20-23,26-28,35-39H2,1-14H3,(H,71,85)(H,72,86)(H,73,87)(H,74,80)(H,75,88)(H3,69,70,90)/t43-,44+,45+,49-,50-,51+,56-,57-,58-,59-,60?,61+/m0/s1. The molecule has 0 aromatic heterocycles. The van der Waals surface area contributed by atoms with Crippen LogP contribution in [0.2, 0.25) is 0 Å². The van der Waals surface area contributed by atoms with E-state index in [0.29, 0.717) is 61.9 Å². The molecule has 1 fully saturated rings. The molecule has 1 unspecified atom stereocenters. The molecule has 522 valence electrons. The quantitative estimate of drug-likeness (QED) is 0.0321. The number of carbonyl (C=O) groups excluding carboxylic acids is 11. The Kier molecular flexibility index (Phi) is 32.1. The number of primary amides is 1. The van der Waals surface area contributed by atoms with Crippen LogP contribution in [0.25, 0.3) is 0 Å². The number of methoxy groups -OCH3 is 2. The Morgan fingerprint density at radius 1 is 0.713 bits per heavy atom. The van der Waals surface area contributed by atoms with Crippen LogP contribution in [0.15, 0.2) is 66.7 Å². The zero-order valence-electron chi connectivity index (χ0n) is 57.4. The number of imide groups is 1. The van der Waals surface area contributed by atoms with Crippen molar-refractivity contribution in [3.63, 3.8) is 0 Å². The zero-order valence-corrected chi connectivity index (χ0v) is 57.4. The van der Waals surface area contributed by atoms with Crippen LogP contribution >= 0.6 is 0 Å². The summed E-state index contributed by atoms with van der Waals surface area (Å²) in [5.74, 6) is -6.02. The van der Waals surface area contributed by atoms with Gasteiger partial charge in [-0.05, 0) is 92.4 Å². The summed E-state index contributed by atoms with van der Waals surface area (Å²) in [7, 11) is 6.08. The fraction of sp³-hybridized carbons (Fsp3) is 0.632. The third-order valence-electron chi connectivity index (χ3n) is 17.7. The van der Waals surface area contributed by atoms with Crippen molar-refractivity contribution < 1.29 is 72.1 Å². The number of unbranched alkanes of at least 4 members (excludes halogenated alkanes) is 2. The molecule has 4 rings (SSSR count). The first-order chi connectivity index (χ1) is 44.5. The molecule has 26 heteroatoms. The number of urea groups is 1. The number of hydrogen-bond acceptors (Lipinski definition) is 15. The van der Waals surface area contributed by atoms with Gasteiger partial charge in [0.2, 0.25) is 41.4 Å². The molecule has 0 radical (unpaired) electrons. The maximum absolute atomic E-state index is 14.8. The molecule has 12 amide bonds. The number of hydrogen-bond donors (Lipinski definition) is 8. The van der Waals surface area contributed by atoms with Crippen molar-refractivity contribution in [2.24, 2.45) is 35.3 Å². The van der Waals surface area contributed by atoms with Crippen LogP contribution in [0.3, 0.4) is 0 Å². The Balaban J connectivity index is 1.37. The van der Waals surface area contributed by atoms with Crippen LogP contribution in [-0.2, 0) is 64.0 Å². The van der Waals surface area contributed by atoms with Crippen LogP contribution < -0.4 is 37.6 Å². The normalized spacial score (nSPS) is 17.4. The maximum atomic E-state index is 14.8. The van der Waals surface area contributed by atoms with Gasteiger partial charge in [-0.3, -0.25) is 53.0 Å². The van der Waals surface area contributed by atoms with Gasteiger partial charge < -0.3 is 66.8 Å². The molecule has 94 heavy (non-hydrogen) atoms. The Hall–Kier alpha value is -7.97. The van der Waals surface area contributed by atoms with Gasteiger partial charge in [-0.15, -0.1) is 0 Å². The second-order valence-electron chi connectivity index (χ2n) is 25.8. The van der Waals surface area contributed by atoms with Crippen LogP contribution in [0.5, 0.6) is 0 Å². The summed E-state index contributed by atoms with van der Waals surface area (Å²) in [5, 5.41) is 27.6. The first-order valence-electron chi connectivity index (χ1n) is 32.9. The molecule has 12 atom stereocenters. The minimum Gasteiger partial charge on any atom is -0.445 e. The number of amides is 12. The summed E-state index contributed by atoms with van der Waals surface area (Å²) in [6, 6.07) is 8.74. The molecule has 2 aromatic rings. The Morgan fingerprint density at radius 2 is 1.35 bits per heavy atom. The summed E-state index contributed by atoms with van der Waals surface area (Å²) in [6.45, 7) is 18.6. The van der Waals surface area contributed by atoms with Crippen molar-refractivity contribution in [1.82, 2.24) is 46.2 Å². The second-order valence-corrected chi connectivity index (χ2v) is 25.8. The second kappa shape index (κ2) is 38.4. The average molecular weight is 1320 g/mol. The molecule has 0 aliphatic carbocycles. The van der Waals surface area contributed by atoms with E-state index < -0.39 is 114 Å². The summed E-state index contributed by atoms with van der Waals surface area (Å²) < 4.78 is 17.7. The van der Waals surface area contributed by atoms with Crippen molar-refractivity contribution in [3.8, 4) is 0 Å². The van der Waals surface area contributed by atoms with Gasteiger partial charge in [0.1, 0.15) is 30.8 Å². The van der Waals surface area contributed by atoms with Crippen molar-refractivity contribution in [2.45, 2.75) is 201 Å². The highest BCUT2D eigenvalue weighted by Gasteiger charge is 2.44. The summed E-state index contributed by atoms with van der Waals surface area (Å²) in [4.78, 5) is 152. The highest BCUT2D eigenvalue weighted by molar-refractivity contribution is 6.12. The number of benzene rings is 2. The molecule has 2 aromatic carbocycles. The van der Waals surface area contributed by atoms with Crippen molar-refractivity contribution >= 4 is 71.0 Å². The van der Waals surface area contributed by atoms with Gasteiger partial charge in [-0.1, -0.05) is 118 Å². The van der Waals surface area contributed by atoms with Gasteiger partial charge >= 0.3 is 12.1 Å². The highest BCUT2D eigenvalue weighted by Crippen LogP contribution is 2.31. The van der Waals surface area contributed by atoms with Crippen molar-refractivity contribution in [2.75, 3.05) is 53.3 Å². The third-order valence-corrected chi connectivity index (χ3v) is 17.7. The molecule has 1 saturated heterocycles. The maximum Gasteiger partial charge on any atom is 0.410 e. The molecular formula is C68H105N11O15. The number of rotatable bonds is 38. The fourth-order valence-electron chi connectivity index (χ4n) is 12.1. The number of likely N-dealkylation sites (N-methyl/N-ethyl adjacent to an activating group) is 2. The molecule has 0 spiro atoms. The first kappa shape index (κ1) is 78.5. The lowest BCUT2D eigenvalue weighted by Gasteiger charge is -2.41. The highest BCUT2D eigenvalue weighted by atomic mass is 16.6. The lowest BCUT2D eigenvalue weighted by Crippen LogP contribution is -2.60. The minimum atomic E-state index is -1.11. The number of aliphatic hydroxyl groups excluding tert-OH is 1. The van der Waals surface area contributed by atoms with E-state index in [2.05, 4.69) is 31.9 Å². The molecule has 2 aliphatic rings. The number of ether oxygens (including phenoxy) is 3. The van der Waals surface area contributed by atoms with E-state index in [0.717, 1.165) is 4.90 Å². The topological polar surface area (TPSA) is 347 Å². The largest absolute Gasteiger partial charge is 0.445 e. The van der Waals surface area contributed by atoms with Crippen LogP contribution in [0.1, 0.15) is 151 Å². The number of carbonyl (C=O) groups is 11. The van der Waals surface area contributed by atoms with Crippen LogP contribution in [0.4, 0.5) is 15.3 Å². The van der Waals surface area contributed by atoms with Gasteiger partial charge in [0.05, 0.1) is 48.8 Å². The molecule has 0 saturated carbocycles. The molecule has 26 nitrogen and oxygen atoms in total. The third kappa shape index (κ3) is 22.9. The first-order valence-corrected chi connectivity index (χ1v) is 32.9. The van der Waals surface area contributed by atoms with Gasteiger partial charge in [0, 0.05) is 72.2 Å². The van der Waals surface area contributed by atoms with E-state index in [9.17, 15) is 57.8 Å². The number of anilines is 1. The van der Waals surface area contributed by atoms with Crippen LogP contribution in [-0.4, -0.2) is 192 Å².